The van der Waals surface area contributed by atoms with Crippen molar-refractivity contribution in [3.8, 4) is 0 Å². The molecule has 1 aromatic carbocycles. The first-order valence-electron chi connectivity index (χ1n) is 12.1. The van der Waals surface area contributed by atoms with E-state index in [2.05, 4.69) is 17.6 Å². The molecule has 172 valence electrons. The third kappa shape index (κ3) is 5.24. The van der Waals surface area contributed by atoms with Gasteiger partial charge in [0.15, 0.2) is 6.04 Å². The van der Waals surface area contributed by atoms with Crippen LogP contribution in [0.2, 0.25) is 0 Å². The number of benzene rings is 1. The molecule has 1 saturated carbocycles. The predicted molar refractivity (Wildman–Crippen MR) is 128 cm³/mol. The second-order valence-corrected chi connectivity index (χ2v) is 10.3. The Labute approximate surface area is 194 Å². The standard InChI is InChI=1S/C26H34N2O3S/c1-3-31-26(30)22-20-15-14-17(2)16-21(20)32-25(22)28-24(29)23(18-10-6-4-7-11-18)27-19-12-8-5-9-13-19/h4,6-7,10-11,17,19,23,27H,3,5,8-9,12-16H2,1-2H3,(H,28,29)/p+1/t17-,23+/m0/s1. The van der Waals surface area contributed by atoms with Crippen LogP contribution in [0, 0.1) is 5.92 Å². The molecule has 2 aliphatic rings. The van der Waals surface area contributed by atoms with Crippen LogP contribution in [0.25, 0.3) is 0 Å². The minimum Gasteiger partial charge on any atom is -0.462 e. The van der Waals surface area contributed by atoms with Gasteiger partial charge in [-0.1, -0.05) is 43.7 Å². The fourth-order valence-corrected chi connectivity index (χ4v) is 6.46. The van der Waals surface area contributed by atoms with E-state index in [4.69, 9.17) is 4.74 Å². The average Bonchev–Trinajstić information content (AvgIpc) is 3.15. The molecule has 2 atom stereocenters. The zero-order chi connectivity index (χ0) is 22.5. The molecule has 1 heterocycles. The number of thiophene rings is 1. The zero-order valence-corrected chi connectivity index (χ0v) is 20.0. The summed E-state index contributed by atoms with van der Waals surface area (Å²) in [5, 5.41) is 6.05. The maximum Gasteiger partial charge on any atom is 0.341 e. The van der Waals surface area contributed by atoms with Crippen molar-refractivity contribution in [3.63, 3.8) is 0 Å². The summed E-state index contributed by atoms with van der Waals surface area (Å²) >= 11 is 1.56. The molecule has 5 nitrogen and oxygen atoms in total. The van der Waals surface area contributed by atoms with Crippen molar-refractivity contribution in [1.29, 1.82) is 0 Å². The van der Waals surface area contributed by atoms with Crippen LogP contribution in [0.4, 0.5) is 5.00 Å². The molecule has 2 aliphatic carbocycles. The molecule has 0 aliphatic heterocycles. The lowest BCUT2D eigenvalue weighted by Crippen LogP contribution is -2.92. The highest BCUT2D eigenvalue weighted by Gasteiger charge is 2.33. The molecule has 3 N–H and O–H groups in total. The molecule has 32 heavy (non-hydrogen) atoms. The lowest BCUT2D eigenvalue weighted by atomic mass is 9.88. The van der Waals surface area contributed by atoms with Gasteiger partial charge in [-0.15, -0.1) is 11.3 Å². The SMILES string of the molecule is CCOC(=O)c1c(NC(=O)[C@H]([NH2+]C2CCCCC2)c2ccccc2)sc2c1CC[C@H](C)C2. The summed E-state index contributed by atoms with van der Waals surface area (Å²) in [5.41, 5.74) is 2.66. The van der Waals surface area contributed by atoms with E-state index in [1.54, 1.807) is 11.3 Å². The minimum atomic E-state index is -0.326. The first kappa shape index (κ1) is 23.0. The molecule has 1 fully saturated rings. The molecule has 0 bridgehead atoms. The Bertz CT molecular complexity index is 934. The Balaban J connectivity index is 1.61. The van der Waals surface area contributed by atoms with Gasteiger partial charge in [-0.2, -0.15) is 0 Å². The van der Waals surface area contributed by atoms with E-state index in [0.29, 0.717) is 29.1 Å². The van der Waals surface area contributed by atoms with Crippen molar-refractivity contribution in [2.75, 3.05) is 11.9 Å². The fraction of sp³-hybridized carbons (Fsp3) is 0.538. The number of quaternary nitrogens is 1. The number of fused-ring (bicyclic) bond motifs is 1. The maximum atomic E-state index is 13.6. The molecular weight excluding hydrogens is 420 g/mol. The average molecular weight is 456 g/mol. The van der Waals surface area contributed by atoms with Crippen LogP contribution in [-0.2, 0) is 22.4 Å². The van der Waals surface area contributed by atoms with E-state index in [9.17, 15) is 9.59 Å². The van der Waals surface area contributed by atoms with Gasteiger partial charge in [0.25, 0.3) is 5.91 Å². The van der Waals surface area contributed by atoms with Crippen LogP contribution in [0.3, 0.4) is 0 Å². The molecule has 1 amide bonds. The first-order chi connectivity index (χ1) is 15.6. The smallest absolute Gasteiger partial charge is 0.341 e. The van der Waals surface area contributed by atoms with E-state index in [1.807, 2.05) is 37.3 Å². The van der Waals surface area contributed by atoms with Gasteiger partial charge in [0.2, 0.25) is 0 Å². The largest absolute Gasteiger partial charge is 0.462 e. The van der Waals surface area contributed by atoms with Crippen molar-refractivity contribution < 1.29 is 19.6 Å². The van der Waals surface area contributed by atoms with E-state index in [1.165, 1.54) is 24.1 Å². The van der Waals surface area contributed by atoms with Crippen LogP contribution in [-0.4, -0.2) is 24.5 Å². The number of nitrogens with two attached hydrogens (primary N) is 1. The number of anilines is 1. The molecule has 4 rings (SSSR count). The van der Waals surface area contributed by atoms with Crippen LogP contribution < -0.4 is 10.6 Å². The zero-order valence-electron chi connectivity index (χ0n) is 19.2. The van der Waals surface area contributed by atoms with Crippen molar-refractivity contribution in [2.24, 2.45) is 5.92 Å². The summed E-state index contributed by atoms with van der Waals surface area (Å²) < 4.78 is 5.38. The highest BCUT2D eigenvalue weighted by atomic mass is 32.1. The monoisotopic (exact) mass is 455 g/mol. The number of rotatable bonds is 7. The summed E-state index contributed by atoms with van der Waals surface area (Å²) in [6.45, 7) is 4.40. The van der Waals surface area contributed by atoms with Crippen LogP contribution in [0.1, 0.15) is 84.8 Å². The quantitative estimate of drug-likeness (QED) is 0.598. The van der Waals surface area contributed by atoms with Gasteiger partial charge < -0.3 is 15.4 Å². The Morgan fingerprint density at radius 1 is 1.16 bits per heavy atom. The number of carbonyl (C=O) groups excluding carboxylic acids is 2. The summed E-state index contributed by atoms with van der Waals surface area (Å²) in [7, 11) is 0. The van der Waals surface area contributed by atoms with Crippen molar-refractivity contribution in [3.05, 3.63) is 51.9 Å². The number of esters is 1. The second-order valence-electron chi connectivity index (χ2n) is 9.24. The van der Waals surface area contributed by atoms with Gasteiger partial charge >= 0.3 is 5.97 Å². The van der Waals surface area contributed by atoms with E-state index in [0.717, 1.165) is 43.2 Å². The summed E-state index contributed by atoms with van der Waals surface area (Å²) in [4.78, 5) is 27.7. The molecule has 1 aromatic heterocycles. The van der Waals surface area contributed by atoms with Crippen molar-refractivity contribution in [1.82, 2.24) is 0 Å². The molecule has 0 spiro atoms. The lowest BCUT2D eigenvalue weighted by Gasteiger charge is -2.25. The Hall–Kier alpha value is -2.18. The highest BCUT2D eigenvalue weighted by Crippen LogP contribution is 2.40. The predicted octanol–water partition coefficient (Wildman–Crippen LogP) is 4.63. The first-order valence-corrected chi connectivity index (χ1v) is 12.9. The Morgan fingerprint density at radius 2 is 1.91 bits per heavy atom. The van der Waals surface area contributed by atoms with Gasteiger partial charge in [-0.05, 0) is 63.4 Å². The number of ether oxygens (including phenoxy) is 1. The minimum absolute atomic E-state index is 0.0565. The molecule has 6 heteroatoms. The van der Waals surface area contributed by atoms with Crippen LogP contribution in [0.5, 0.6) is 0 Å². The number of carbonyl (C=O) groups is 2. The molecule has 2 aromatic rings. The van der Waals surface area contributed by atoms with Gasteiger partial charge in [-0.3, -0.25) is 4.79 Å². The number of nitrogens with one attached hydrogen (secondary N) is 1. The summed E-state index contributed by atoms with van der Waals surface area (Å²) in [6, 6.07) is 10.1. The third-order valence-electron chi connectivity index (χ3n) is 6.78. The van der Waals surface area contributed by atoms with Crippen molar-refractivity contribution in [2.45, 2.75) is 77.3 Å². The lowest BCUT2D eigenvalue weighted by molar-refractivity contribution is -0.717. The molecule has 0 unspecified atom stereocenters. The number of amides is 1. The van der Waals surface area contributed by atoms with Gasteiger partial charge in [0.05, 0.1) is 18.2 Å². The summed E-state index contributed by atoms with van der Waals surface area (Å²) in [6.07, 6.45) is 8.93. The topological polar surface area (TPSA) is 72.0 Å². The Morgan fingerprint density at radius 3 is 2.62 bits per heavy atom. The Kier molecular flexibility index (Phi) is 7.63. The highest BCUT2D eigenvalue weighted by molar-refractivity contribution is 7.17. The normalized spacial score (nSPS) is 19.8. The van der Waals surface area contributed by atoms with E-state index in [-0.39, 0.29) is 17.9 Å². The number of hydrogen-bond donors (Lipinski definition) is 2. The number of hydrogen-bond acceptors (Lipinski definition) is 4. The fourth-order valence-electron chi connectivity index (χ4n) is 5.06. The van der Waals surface area contributed by atoms with E-state index >= 15 is 0 Å². The molecule has 0 radical (unpaired) electrons. The van der Waals surface area contributed by atoms with Crippen LogP contribution >= 0.6 is 11.3 Å². The second kappa shape index (κ2) is 10.6. The molecular formula is C26H35N2O3S+. The maximum absolute atomic E-state index is 13.6. The van der Waals surface area contributed by atoms with Gasteiger partial charge in [-0.25, -0.2) is 4.79 Å². The summed E-state index contributed by atoms with van der Waals surface area (Å²) in [5.74, 6) is 0.220. The van der Waals surface area contributed by atoms with Gasteiger partial charge in [0, 0.05) is 10.4 Å². The van der Waals surface area contributed by atoms with Gasteiger partial charge in [0.1, 0.15) is 5.00 Å². The van der Waals surface area contributed by atoms with Crippen LogP contribution in [0.15, 0.2) is 30.3 Å². The van der Waals surface area contributed by atoms with Crippen molar-refractivity contribution >= 4 is 28.2 Å². The third-order valence-corrected chi connectivity index (χ3v) is 7.95. The van der Waals surface area contributed by atoms with E-state index < -0.39 is 0 Å². The molecule has 0 saturated heterocycles.